The lowest BCUT2D eigenvalue weighted by molar-refractivity contribution is 0.414. The van der Waals surface area contributed by atoms with Gasteiger partial charge in [-0.2, -0.15) is 0 Å². The van der Waals surface area contributed by atoms with Crippen molar-refractivity contribution in [3.63, 3.8) is 0 Å². The molecule has 0 saturated carbocycles. The third-order valence-corrected chi connectivity index (χ3v) is 7.41. The average Bonchev–Trinajstić information content (AvgIpc) is 2.92. The highest BCUT2D eigenvalue weighted by Gasteiger charge is 1.98. The van der Waals surface area contributed by atoms with Gasteiger partial charge in [0.2, 0.25) is 0 Å². The van der Waals surface area contributed by atoms with Gasteiger partial charge in [0.05, 0.1) is 7.11 Å². The number of ether oxygens (including phenoxy) is 1. The first-order valence-electron chi connectivity index (χ1n) is 5.45. The van der Waals surface area contributed by atoms with Crippen molar-refractivity contribution >= 4 is 42.8 Å². The summed E-state index contributed by atoms with van der Waals surface area (Å²) in [7, 11) is 7.35. The molecule has 2 rings (SSSR count). The van der Waals surface area contributed by atoms with Gasteiger partial charge >= 0.3 is 0 Å². The molecule has 0 radical (unpaired) electrons. The molecule has 0 fully saturated rings. The van der Waals surface area contributed by atoms with Crippen LogP contribution < -0.4 is 4.74 Å². The van der Waals surface area contributed by atoms with Gasteiger partial charge in [-0.3, -0.25) is 0 Å². The van der Waals surface area contributed by atoms with Gasteiger partial charge in [0.25, 0.3) is 0 Å². The maximum absolute atomic E-state index is 5.14. The van der Waals surface area contributed by atoms with Crippen LogP contribution in [0.5, 0.6) is 5.75 Å². The van der Waals surface area contributed by atoms with E-state index < -0.39 is 0 Å². The summed E-state index contributed by atoms with van der Waals surface area (Å²) in [5.74, 6) is 3.05. The summed E-state index contributed by atoms with van der Waals surface area (Å²) in [6.07, 6.45) is 0. The van der Waals surface area contributed by atoms with Gasteiger partial charge in [0.1, 0.15) is 5.75 Å². The molecule has 18 heavy (non-hydrogen) atoms. The fourth-order valence-corrected chi connectivity index (χ4v) is 5.95. The Morgan fingerprint density at radius 3 is 2.50 bits per heavy atom. The Morgan fingerprint density at radius 1 is 1.06 bits per heavy atom. The molecular weight excluding hydrogens is 300 g/mol. The summed E-state index contributed by atoms with van der Waals surface area (Å²) in [6.45, 7) is 0. The molecule has 0 aliphatic rings. The Bertz CT molecular complexity index is 439. The molecule has 2 aromatic rings. The van der Waals surface area contributed by atoms with Crippen LogP contribution in [0.15, 0.2) is 41.8 Å². The van der Waals surface area contributed by atoms with Crippen molar-refractivity contribution in [2.45, 2.75) is 11.5 Å². The summed E-state index contributed by atoms with van der Waals surface area (Å²) in [5, 5.41) is 2.13. The number of thiophene rings is 1. The van der Waals surface area contributed by atoms with Crippen molar-refractivity contribution in [3.05, 3.63) is 52.2 Å². The monoisotopic (exact) mass is 314 g/mol. The number of benzene rings is 1. The maximum Gasteiger partial charge on any atom is 0.118 e. The van der Waals surface area contributed by atoms with E-state index in [4.69, 9.17) is 4.74 Å². The van der Waals surface area contributed by atoms with Crippen molar-refractivity contribution in [2.75, 3.05) is 7.11 Å². The second kappa shape index (κ2) is 8.04. The lowest BCUT2D eigenvalue weighted by Crippen LogP contribution is -1.83. The Kier molecular flexibility index (Phi) is 6.34. The molecule has 1 heterocycles. The summed E-state index contributed by atoms with van der Waals surface area (Å²) in [6, 6.07) is 12.6. The van der Waals surface area contributed by atoms with Gasteiger partial charge in [-0.05, 0) is 39.0 Å². The number of hydrogen-bond donors (Lipinski definition) is 0. The molecule has 0 N–H and O–H groups in total. The van der Waals surface area contributed by atoms with Gasteiger partial charge < -0.3 is 4.74 Å². The van der Waals surface area contributed by atoms with E-state index >= 15 is 0 Å². The Labute approximate surface area is 124 Å². The lowest BCUT2D eigenvalue weighted by Gasteiger charge is -2.02. The zero-order valence-corrected chi connectivity index (χ0v) is 13.3. The molecule has 0 bridgehead atoms. The number of methoxy groups -OCH3 is 1. The van der Waals surface area contributed by atoms with E-state index in [1.807, 2.05) is 54.9 Å². The zero-order valence-electron chi connectivity index (χ0n) is 10.00. The molecule has 0 saturated heterocycles. The molecular formula is C13H14OS4. The number of rotatable bonds is 7. The van der Waals surface area contributed by atoms with Crippen molar-refractivity contribution in [1.82, 2.24) is 0 Å². The normalized spacial score (nSPS) is 10.5. The van der Waals surface area contributed by atoms with Crippen LogP contribution >= 0.6 is 42.8 Å². The van der Waals surface area contributed by atoms with Crippen LogP contribution in [-0.4, -0.2) is 7.11 Å². The van der Waals surface area contributed by atoms with E-state index in [9.17, 15) is 0 Å². The molecule has 5 heteroatoms. The first-order valence-corrected chi connectivity index (χ1v) is 10.1. The molecule has 0 aliphatic heterocycles. The van der Waals surface area contributed by atoms with Crippen LogP contribution in [0.4, 0.5) is 0 Å². The highest BCUT2D eigenvalue weighted by atomic mass is 33.5. The van der Waals surface area contributed by atoms with E-state index in [0.717, 1.165) is 17.3 Å². The highest BCUT2D eigenvalue weighted by Crippen LogP contribution is 2.39. The molecule has 1 aromatic heterocycles. The second-order valence-electron chi connectivity index (χ2n) is 3.52. The minimum absolute atomic E-state index is 0.920. The summed E-state index contributed by atoms with van der Waals surface area (Å²) < 4.78 is 5.14. The van der Waals surface area contributed by atoms with Crippen LogP contribution in [0, 0.1) is 0 Å². The van der Waals surface area contributed by atoms with Crippen molar-refractivity contribution in [3.8, 4) is 5.75 Å². The largest absolute Gasteiger partial charge is 0.497 e. The minimum atomic E-state index is 0.920. The number of hydrogen-bond acceptors (Lipinski definition) is 5. The van der Waals surface area contributed by atoms with Crippen LogP contribution in [-0.2, 0) is 11.5 Å². The SMILES string of the molecule is COc1ccc(CSSSCc2cccs2)cc1. The van der Waals surface area contributed by atoms with Crippen LogP contribution in [0.1, 0.15) is 10.4 Å². The maximum atomic E-state index is 5.14. The molecule has 0 aliphatic carbocycles. The summed E-state index contributed by atoms with van der Waals surface area (Å²) in [5.41, 5.74) is 1.34. The molecule has 0 spiro atoms. The Hall–Kier alpha value is -0.230. The van der Waals surface area contributed by atoms with Crippen LogP contribution in [0.25, 0.3) is 0 Å². The Morgan fingerprint density at radius 2 is 1.83 bits per heavy atom. The van der Waals surface area contributed by atoms with E-state index in [1.54, 1.807) is 7.11 Å². The fraction of sp³-hybridized carbons (Fsp3) is 0.231. The standard InChI is InChI=1S/C13H14OS4/c1-14-12-6-4-11(5-7-12)9-16-18-17-10-13-3-2-8-15-13/h2-8H,9-10H2,1H3. The summed E-state index contributed by atoms with van der Waals surface area (Å²) >= 11 is 1.82. The topological polar surface area (TPSA) is 9.23 Å². The second-order valence-corrected chi connectivity index (χ2v) is 8.78. The fourth-order valence-electron chi connectivity index (χ4n) is 1.32. The van der Waals surface area contributed by atoms with Gasteiger partial charge in [-0.15, -0.1) is 11.3 Å². The van der Waals surface area contributed by atoms with Crippen LogP contribution in [0.3, 0.4) is 0 Å². The van der Waals surface area contributed by atoms with Gasteiger partial charge in [0, 0.05) is 16.4 Å². The molecule has 1 nitrogen and oxygen atoms in total. The third kappa shape index (κ3) is 4.80. The first kappa shape index (κ1) is 14.2. The molecule has 1 aromatic carbocycles. The van der Waals surface area contributed by atoms with Crippen molar-refractivity contribution < 1.29 is 4.74 Å². The quantitative estimate of drug-likeness (QED) is 0.493. The molecule has 0 amide bonds. The van der Waals surface area contributed by atoms with E-state index in [0.29, 0.717) is 0 Å². The summed E-state index contributed by atoms with van der Waals surface area (Å²) in [4.78, 5) is 1.44. The first-order chi connectivity index (χ1) is 8.88. The van der Waals surface area contributed by atoms with Gasteiger partial charge in [-0.1, -0.05) is 39.8 Å². The van der Waals surface area contributed by atoms with Gasteiger partial charge in [0.15, 0.2) is 0 Å². The van der Waals surface area contributed by atoms with E-state index in [-0.39, 0.29) is 0 Å². The molecule has 96 valence electrons. The predicted molar refractivity (Wildman–Crippen MR) is 87.5 cm³/mol. The van der Waals surface area contributed by atoms with E-state index in [1.165, 1.54) is 10.4 Å². The van der Waals surface area contributed by atoms with Crippen molar-refractivity contribution in [2.24, 2.45) is 0 Å². The zero-order chi connectivity index (χ0) is 12.6. The smallest absolute Gasteiger partial charge is 0.118 e. The molecule has 0 atom stereocenters. The minimum Gasteiger partial charge on any atom is -0.497 e. The van der Waals surface area contributed by atoms with Crippen molar-refractivity contribution in [1.29, 1.82) is 0 Å². The van der Waals surface area contributed by atoms with Crippen LogP contribution in [0.2, 0.25) is 0 Å². The Balaban J connectivity index is 1.62. The molecule has 0 unspecified atom stereocenters. The predicted octanol–water partition coefficient (Wildman–Crippen LogP) is 5.49. The van der Waals surface area contributed by atoms with E-state index in [2.05, 4.69) is 29.6 Å². The third-order valence-electron chi connectivity index (χ3n) is 2.26. The lowest BCUT2D eigenvalue weighted by atomic mass is 10.2. The highest BCUT2D eigenvalue weighted by molar-refractivity contribution is 9.09. The average molecular weight is 315 g/mol. The van der Waals surface area contributed by atoms with Gasteiger partial charge in [-0.25, -0.2) is 0 Å².